The minimum atomic E-state index is -0.375. The van der Waals surface area contributed by atoms with Crippen LogP contribution in [0.1, 0.15) is 52.4 Å². The molecule has 2 saturated carbocycles. The summed E-state index contributed by atoms with van der Waals surface area (Å²) in [5, 5.41) is 14.1. The molecular weight excluding hydrogens is 186 g/mol. The van der Waals surface area contributed by atoms with Gasteiger partial charge >= 0.3 is 0 Å². The van der Waals surface area contributed by atoms with Gasteiger partial charge in [-0.3, -0.25) is 0 Å². The van der Waals surface area contributed by atoms with E-state index in [4.69, 9.17) is 0 Å². The second-order valence-electron chi connectivity index (χ2n) is 6.10. The van der Waals surface area contributed by atoms with Crippen LogP contribution in [0.15, 0.2) is 0 Å². The van der Waals surface area contributed by atoms with Gasteiger partial charge in [-0.1, -0.05) is 13.8 Å². The minimum absolute atomic E-state index is 0.206. The molecule has 15 heavy (non-hydrogen) atoms. The van der Waals surface area contributed by atoms with Gasteiger partial charge in [-0.15, -0.1) is 0 Å². The van der Waals surface area contributed by atoms with Crippen LogP contribution in [0.4, 0.5) is 0 Å². The second kappa shape index (κ2) is 3.74. The van der Waals surface area contributed by atoms with Crippen LogP contribution in [-0.2, 0) is 0 Å². The van der Waals surface area contributed by atoms with E-state index in [1.165, 1.54) is 12.8 Å². The molecule has 0 heterocycles. The summed E-state index contributed by atoms with van der Waals surface area (Å²) in [5.41, 5.74) is -0.169. The first-order valence-electron chi connectivity index (χ1n) is 6.42. The Bertz CT molecular complexity index is 233. The fourth-order valence-corrected chi connectivity index (χ4v) is 4.20. The number of rotatable bonds is 2. The molecule has 2 aliphatic rings. The Labute approximate surface area is 93.5 Å². The molecule has 2 aliphatic carbocycles. The van der Waals surface area contributed by atoms with Crippen LogP contribution >= 0.6 is 0 Å². The number of nitrogens with one attached hydrogen (secondary N) is 1. The molecule has 0 unspecified atom stereocenters. The average molecular weight is 211 g/mol. The summed E-state index contributed by atoms with van der Waals surface area (Å²) in [4.78, 5) is 0. The van der Waals surface area contributed by atoms with E-state index in [0.29, 0.717) is 5.92 Å². The second-order valence-corrected chi connectivity index (χ2v) is 6.10. The van der Waals surface area contributed by atoms with Gasteiger partial charge < -0.3 is 10.4 Å². The molecule has 0 amide bonds. The van der Waals surface area contributed by atoms with Gasteiger partial charge in [0.05, 0.1) is 5.60 Å². The average Bonchev–Trinajstić information content (AvgIpc) is 2.14. The number of fused-ring (bicyclic) bond motifs is 2. The molecule has 0 aromatic carbocycles. The molecule has 0 aromatic rings. The molecule has 0 spiro atoms. The molecule has 88 valence electrons. The van der Waals surface area contributed by atoms with Crippen LogP contribution in [0, 0.1) is 11.8 Å². The van der Waals surface area contributed by atoms with E-state index in [2.05, 4.69) is 26.2 Å². The van der Waals surface area contributed by atoms with Crippen molar-refractivity contribution in [1.82, 2.24) is 5.32 Å². The van der Waals surface area contributed by atoms with Gasteiger partial charge in [-0.2, -0.15) is 0 Å². The Morgan fingerprint density at radius 2 is 2.07 bits per heavy atom. The largest absolute Gasteiger partial charge is 0.390 e. The van der Waals surface area contributed by atoms with Crippen molar-refractivity contribution in [2.45, 2.75) is 63.5 Å². The van der Waals surface area contributed by atoms with E-state index in [9.17, 15) is 5.11 Å². The molecule has 2 rings (SSSR count). The molecule has 0 saturated heterocycles. The zero-order valence-corrected chi connectivity index (χ0v) is 10.3. The smallest absolute Gasteiger partial charge is 0.0670 e. The van der Waals surface area contributed by atoms with Gasteiger partial charge in [0.1, 0.15) is 0 Å². The number of hydrogen-bond donors (Lipinski definition) is 2. The van der Waals surface area contributed by atoms with E-state index in [1.807, 2.05) is 0 Å². The highest BCUT2D eigenvalue weighted by molar-refractivity contribution is 5.04. The third-order valence-corrected chi connectivity index (χ3v) is 4.69. The van der Waals surface area contributed by atoms with E-state index in [-0.39, 0.29) is 11.1 Å². The highest BCUT2D eigenvalue weighted by Gasteiger charge is 2.49. The summed E-state index contributed by atoms with van der Waals surface area (Å²) in [6.45, 7) is 4.53. The fourth-order valence-electron chi connectivity index (χ4n) is 4.20. The summed E-state index contributed by atoms with van der Waals surface area (Å²) in [7, 11) is 2.05. The Morgan fingerprint density at radius 1 is 1.33 bits per heavy atom. The summed E-state index contributed by atoms with van der Waals surface area (Å²) < 4.78 is 0. The first-order chi connectivity index (χ1) is 7.01. The topological polar surface area (TPSA) is 32.3 Å². The predicted molar refractivity (Wildman–Crippen MR) is 62.8 cm³/mol. The normalized spacial score (nSPS) is 50.4. The predicted octanol–water partition coefficient (Wildman–Crippen LogP) is 2.32. The highest BCUT2D eigenvalue weighted by Crippen LogP contribution is 2.49. The lowest BCUT2D eigenvalue weighted by atomic mass is 9.59. The van der Waals surface area contributed by atoms with Crippen LogP contribution in [0.25, 0.3) is 0 Å². The van der Waals surface area contributed by atoms with E-state index < -0.39 is 0 Å². The maximum absolute atomic E-state index is 10.6. The van der Waals surface area contributed by atoms with E-state index >= 15 is 0 Å². The zero-order valence-electron chi connectivity index (χ0n) is 10.3. The van der Waals surface area contributed by atoms with E-state index in [1.54, 1.807) is 0 Å². The van der Waals surface area contributed by atoms with E-state index in [0.717, 1.165) is 31.6 Å². The van der Waals surface area contributed by atoms with Gasteiger partial charge in [0.15, 0.2) is 0 Å². The molecule has 4 atom stereocenters. The SMILES string of the molecule is CC[C@]1(NC)C[C@@H]2C[C@H](C)C[C@@](O)(C2)C1. The van der Waals surface area contributed by atoms with Gasteiger partial charge in [0, 0.05) is 5.54 Å². The summed E-state index contributed by atoms with van der Waals surface area (Å²) in [6.07, 6.45) is 6.70. The van der Waals surface area contributed by atoms with Crippen molar-refractivity contribution in [3.63, 3.8) is 0 Å². The summed E-state index contributed by atoms with van der Waals surface area (Å²) in [5.74, 6) is 1.44. The molecule has 2 nitrogen and oxygen atoms in total. The van der Waals surface area contributed by atoms with Gasteiger partial charge in [0.25, 0.3) is 0 Å². The third-order valence-electron chi connectivity index (χ3n) is 4.69. The Balaban J connectivity index is 2.18. The molecule has 2 heteroatoms. The lowest BCUT2D eigenvalue weighted by molar-refractivity contribution is -0.0961. The Kier molecular flexibility index (Phi) is 2.85. The maximum atomic E-state index is 10.6. The van der Waals surface area contributed by atoms with Crippen molar-refractivity contribution in [1.29, 1.82) is 0 Å². The Hall–Kier alpha value is -0.0800. The molecule has 0 radical (unpaired) electrons. The van der Waals surface area contributed by atoms with Crippen LogP contribution in [0.2, 0.25) is 0 Å². The summed E-state index contributed by atoms with van der Waals surface area (Å²) in [6, 6.07) is 0. The Morgan fingerprint density at radius 3 is 2.60 bits per heavy atom. The van der Waals surface area contributed by atoms with Crippen LogP contribution in [0.5, 0.6) is 0 Å². The molecule has 2 fully saturated rings. The van der Waals surface area contributed by atoms with Crippen molar-refractivity contribution >= 4 is 0 Å². The maximum Gasteiger partial charge on any atom is 0.0670 e. The fraction of sp³-hybridized carbons (Fsp3) is 1.00. The standard InChI is InChI=1S/C13H25NO/c1-4-12(14-3)7-11-5-10(2)6-13(15,8-11)9-12/h10-11,14-15H,4-9H2,1-3H3/t10-,11-,12-,13+/m0/s1. The van der Waals surface area contributed by atoms with Crippen molar-refractivity contribution in [2.75, 3.05) is 7.05 Å². The van der Waals surface area contributed by atoms with Crippen molar-refractivity contribution in [3.8, 4) is 0 Å². The van der Waals surface area contributed by atoms with Crippen LogP contribution in [-0.4, -0.2) is 23.3 Å². The monoisotopic (exact) mass is 211 g/mol. The van der Waals surface area contributed by atoms with Crippen LogP contribution < -0.4 is 5.32 Å². The summed E-state index contributed by atoms with van der Waals surface area (Å²) >= 11 is 0. The lowest BCUT2D eigenvalue weighted by Gasteiger charge is -2.53. The minimum Gasteiger partial charge on any atom is -0.390 e. The van der Waals surface area contributed by atoms with Gasteiger partial charge in [-0.05, 0) is 57.4 Å². The van der Waals surface area contributed by atoms with Crippen LogP contribution in [0.3, 0.4) is 0 Å². The molecule has 2 bridgehead atoms. The zero-order chi connectivity index (χ0) is 11.1. The third kappa shape index (κ3) is 2.07. The highest BCUT2D eigenvalue weighted by atomic mass is 16.3. The lowest BCUT2D eigenvalue weighted by Crippen LogP contribution is -2.57. The number of hydrogen-bond acceptors (Lipinski definition) is 2. The first kappa shape index (κ1) is 11.4. The molecular formula is C13H25NO. The van der Waals surface area contributed by atoms with Crippen molar-refractivity contribution in [2.24, 2.45) is 11.8 Å². The van der Waals surface area contributed by atoms with Gasteiger partial charge in [0.2, 0.25) is 0 Å². The van der Waals surface area contributed by atoms with Crippen molar-refractivity contribution in [3.05, 3.63) is 0 Å². The quantitative estimate of drug-likeness (QED) is 0.734. The first-order valence-corrected chi connectivity index (χ1v) is 6.42. The molecule has 0 aromatic heterocycles. The number of aliphatic hydroxyl groups is 1. The molecule has 2 N–H and O–H groups in total. The molecule has 0 aliphatic heterocycles. The van der Waals surface area contributed by atoms with Crippen molar-refractivity contribution < 1.29 is 5.11 Å². The van der Waals surface area contributed by atoms with Gasteiger partial charge in [-0.25, -0.2) is 0 Å².